The predicted octanol–water partition coefficient (Wildman–Crippen LogP) is 3.47. The first-order valence-corrected chi connectivity index (χ1v) is 10.8. The molecule has 2 aliphatic heterocycles. The number of benzene rings is 1. The molecule has 1 aromatic carbocycles. The fourth-order valence-electron chi connectivity index (χ4n) is 4.33. The van der Waals surface area contributed by atoms with E-state index in [1.54, 1.807) is 19.1 Å². The number of piperidine rings is 1. The molecule has 0 bridgehead atoms. The lowest BCUT2D eigenvalue weighted by Crippen LogP contribution is -2.55. The van der Waals surface area contributed by atoms with Gasteiger partial charge < -0.3 is 14.7 Å². The van der Waals surface area contributed by atoms with E-state index in [2.05, 4.69) is 4.90 Å². The van der Waals surface area contributed by atoms with Crippen molar-refractivity contribution in [3.05, 3.63) is 33.8 Å². The van der Waals surface area contributed by atoms with Crippen LogP contribution in [0, 0.1) is 0 Å². The molecule has 2 amide bonds. The van der Waals surface area contributed by atoms with Crippen molar-refractivity contribution in [3.63, 3.8) is 0 Å². The number of carbonyl (C=O) groups is 2. The largest absolute Gasteiger partial charge is 0.343 e. The Bertz CT molecular complexity index is 722. The van der Waals surface area contributed by atoms with Gasteiger partial charge in [0.2, 0.25) is 11.8 Å². The summed E-state index contributed by atoms with van der Waals surface area (Å²) in [5.41, 5.74) is 0.877. The first-order valence-electron chi connectivity index (χ1n) is 10.0. The summed E-state index contributed by atoms with van der Waals surface area (Å²) in [5.74, 6) is 0.201. The lowest BCUT2D eigenvalue weighted by Gasteiger charge is -2.43. The number of hydrogen-bond acceptors (Lipinski definition) is 3. The number of amides is 2. The van der Waals surface area contributed by atoms with Crippen LogP contribution in [0.2, 0.25) is 10.0 Å². The van der Waals surface area contributed by atoms with Crippen molar-refractivity contribution in [1.29, 1.82) is 0 Å². The van der Waals surface area contributed by atoms with E-state index in [9.17, 15) is 9.59 Å². The number of hydrogen-bond donors (Lipinski definition) is 0. The van der Waals surface area contributed by atoms with Crippen molar-refractivity contribution < 1.29 is 9.59 Å². The summed E-state index contributed by atoms with van der Waals surface area (Å²) in [6.07, 6.45) is 4.42. The standard InChI is InChI=1S/C21H29Cl2N3O2/c1-15(27)24(2)17-7-10-26(18(13-17)14-25-8-3-4-9-25)21(28)12-16-5-6-19(22)20(23)11-16/h5-6,11,17-18H,3-4,7-10,12-14H2,1-2H3. The third-order valence-electron chi connectivity index (χ3n) is 6.06. The number of carbonyl (C=O) groups excluding carboxylic acids is 2. The van der Waals surface area contributed by atoms with Crippen LogP contribution in [0.4, 0.5) is 0 Å². The van der Waals surface area contributed by atoms with Gasteiger partial charge in [0.15, 0.2) is 0 Å². The summed E-state index contributed by atoms with van der Waals surface area (Å²) in [7, 11) is 1.87. The van der Waals surface area contributed by atoms with Crippen LogP contribution in [0.15, 0.2) is 18.2 Å². The van der Waals surface area contributed by atoms with Gasteiger partial charge in [0.1, 0.15) is 0 Å². The average Bonchev–Trinajstić information content (AvgIpc) is 3.17. The molecule has 0 N–H and O–H groups in total. The summed E-state index contributed by atoms with van der Waals surface area (Å²) in [5, 5.41) is 0.972. The minimum Gasteiger partial charge on any atom is -0.343 e. The van der Waals surface area contributed by atoms with Crippen molar-refractivity contribution in [1.82, 2.24) is 14.7 Å². The number of rotatable bonds is 5. The Balaban J connectivity index is 1.71. The Kier molecular flexibility index (Phi) is 7.24. The molecule has 2 heterocycles. The van der Waals surface area contributed by atoms with Gasteiger partial charge in [-0.3, -0.25) is 9.59 Å². The minimum absolute atomic E-state index is 0.0838. The van der Waals surface area contributed by atoms with E-state index in [1.807, 2.05) is 22.9 Å². The third-order valence-corrected chi connectivity index (χ3v) is 6.80. The first-order chi connectivity index (χ1) is 13.3. The van der Waals surface area contributed by atoms with Crippen LogP contribution in [-0.4, -0.2) is 71.8 Å². The maximum Gasteiger partial charge on any atom is 0.227 e. The van der Waals surface area contributed by atoms with Crippen LogP contribution in [0.1, 0.15) is 38.2 Å². The molecule has 0 aromatic heterocycles. The minimum atomic E-state index is 0.0838. The second kappa shape index (κ2) is 9.47. The van der Waals surface area contributed by atoms with E-state index in [4.69, 9.17) is 23.2 Å². The number of halogens is 2. The maximum absolute atomic E-state index is 13.1. The highest BCUT2D eigenvalue weighted by molar-refractivity contribution is 6.42. The zero-order valence-electron chi connectivity index (χ0n) is 16.7. The smallest absolute Gasteiger partial charge is 0.227 e. The summed E-state index contributed by atoms with van der Waals surface area (Å²) in [6, 6.07) is 5.70. The van der Waals surface area contributed by atoms with Crippen LogP contribution in [0.3, 0.4) is 0 Å². The molecule has 0 aliphatic carbocycles. The van der Waals surface area contributed by atoms with Crippen LogP contribution in [0.5, 0.6) is 0 Å². The zero-order valence-corrected chi connectivity index (χ0v) is 18.2. The topological polar surface area (TPSA) is 43.9 Å². The van der Waals surface area contributed by atoms with Gasteiger partial charge in [-0.1, -0.05) is 29.3 Å². The van der Waals surface area contributed by atoms with E-state index < -0.39 is 0 Å². The molecular formula is C21H29Cl2N3O2. The third kappa shape index (κ3) is 5.19. The molecule has 5 nitrogen and oxygen atoms in total. The fourth-order valence-corrected chi connectivity index (χ4v) is 4.65. The lowest BCUT2D eigenvalue weighted by atomic mass is 9.94. The highest BCUT2D eigenvalue weighted by Gasteiger charge is 2.35. The summed E-state index contributed by atoms with van der Waals surface area (Å²) in [4.78, 5) is 31.2. The van der Waals surface area contributed by atoms with Crippen LogP contribution in [0.25, 0.3) is 0 Å². The van der Waals surface area contributed by atoms with Crippen LogP contribution < -0.4 is 0 Å². The SMILES string of the molecule is CC(=O)N(C)C1CCN(C(=O)Cc2ccc(Cl)c(Cl)c2)C(CN2CCCC2)C1. The van der Waals surface area contributed by atoms with Gasteiger partial charge in [0.05, 0.1) is 16.5 Å². The van der Waals surface area contributed by atoms with Crippen molar-refractivity contribution in [3.8, 4) is 0 Å². The molecule has 2 aliphatic rings. The second-order valence-electron chi connectivity index (χ2n) is 7.98. The molecule has 1 aromatic rings. The maximum atomic E-state index is 13.1. The first kappa shape index (κ1) is 21.4. The number of likely N-dealkylation sites (tertiary alicyclic amines) is 2. The molecule has 7 heteroatoms. The second-order valence-corrected chi connectivity index (χ2v) is 8.80. The fraction of sp³-hybridized carbons (Fsp3) is 0.619. The van der Waals surface area contributed by atoms with Gasteiger partial charge >= 0.3 is 0 Å². The normalized spacial score (nSPS) is 23.1. The Hall–Kier alpha value is -1.30. The monoisotopic (exact) mass is 425 g/mol. The molecule has 3 rings (SSSR count). The zero-order chi connectivity index (χ0) is 20.3. The summed E-state index contributed by atoms with van der Waals surface area (Å²) >= 11 is 12.1. The van der Waals surface area contributed by atoms with E-state index in [-0.39, 0.29) is 23.9 Å². The quantitative estimate of drug-likeness (QED) is 0.725. The van der Waals surface area contributed by atoms with Crippen LogP contribution >= 0.6 is 23.2 Å². The van der Waals surface area contributed by atoms with Gasteiger partial charge in [0.25, 0.3) is 0 Å². The van der Waals surface area contributed by atoms with E-state index in [0.29, 0.717) is 23.0 Å². The van der Waals surface area contributed by atoms with Gasteiger partial charge in [-0.05, 0) is 56.5 Å². The Labute approximate surface area is 177 Å². The molecule has 28 heavy (non-hydrogen) atoms. The molecule has 0 spiro atoms. The van der Waals surface area contributed by atoms with Gasteiger partial charge in [-0.2, -0.15) is 0 Å². The molecule has 0 saturated carbocycles. The van der Waals surface area contributed by atoms with Crippen molar-refractivity contribution in [2.24, 2.45) is 0 Å². The van der Waals surface area contributed by atoms with Crippen molar-refractivity contribution in [2.75, 3.05) is 33.2 Å². The summed E-state index contributed by atoms with van der Waals surface area (Å²) in [6.45, 7) is 5.37. The molecule has 2 saturated heterocycles. The molecular weight excluding hydrogens is 397 g/mol. The van der Waals surface area contributed by atoms with Gasteiger partial charge in [0, 0.05) is 39.1 Å². The Morgan fingerprint density at radius 2 is 1.86 bits per heavy atom. The Morgan fingerprint density at radius 3 is 2.50 bits per heavy atom. The molecule has 2 fully saturated rings. The van der Waals surface area contributed by atoms with E-state index in [1.165, 1.54) is 12.8 Å². The van der Waals surface area contributed by atoms with E-state index >= 15 is 0 Å². The average molecular weight is 426 g/mol. The molecule has 0 radical (unpaired) electrons. The van der Waals surface area contributed by atoms with Crippen LogP contribution in [-0.2, 0) is 16.0 Å². The van der Waals surface area contributed by atoms with Gasteiger partial charge in [-0.15, -0.1) is 0 Å². The lowest BCUT2D eigenvalue weighted by molar-refractivity contribution is -0.137. The van der Waals surface area contributed by atoms with Crippen molar-refractivity contribution >= 4 is 35.0 Å². The highest BCUT2D eigenvalue weighted by Crippen LogP contribution is 2.26. The van der Waals surface area contributed by atoms with Crippen molar-refractivity contribution in [2.45, 2.75) is 51.1 Å². The molecule has 2 atom stereocenters. The summed E-state index contributed by atoms with van der Waals surface area (Å²) < 4.78 is 0. The van der Waals surface area contributed by atoms with E-state index in [0.717, 1.165) is 38.0 Å². The molecule has 154 valence electrons. The molecule has 2 unspecified atom stereocenters. The highest BCUT2D eigenvalue weighted by atomic mass is 35.5. The Morgan fingerprint density at radius 1 is 1.14 bits per heavy atom. The van der Waals surface area contributed by atoms with Gasteiger partial charge in [-0.25, -0.2) is 0 Å². The number of nitrogens with zero attached hydrogens (tertiary/aromatic N) is 3. The predicted molar refractivity (Wildman–Crippen MR) is 113 cm³/mol.